The maximum atomic E-state index is 5.58. The molecule has 0 unspecified atom stereocenters. The van der Waals surface area contributed by atoms with Crippen molar-refractivity contribution in [2.75, 3.05) is 19.8 Å². The average molecular weight is 220 g/mol. The van der Waals surface area contributed by atoms with E-state index in [-0.39, 0.29) is 0 Å². The molecule has 1 aromatic rings. The number of allylic oxidation sites excluding steroid dienone is 1. The van der Waals surface area contributed by atoms with Crippen molar-refractivity contribution >= 4 is 5.57 Å². The molecule has 0 fully saturated rings. The summed E-state index contributed by atoms with van der Waals surface area (Å²) in [6.45, 7) is 10.1. The minimum absolute atomic E-state index is 0.593. The highest BCUT2D eigenvalue weighted by Crippen LogP contribution is 2.20. The first-order chi connectivity index (χ1) is 7.77. The second-order valence-corrected chi connectivity index (χ2v) is 3.53. The molecule has 0 saturated carbocycles. The van der Waals surface area contributed by atoms with Crippen molar-refractivity contribution < 1.29 is 9.47 Å². The second kappa shape index (κ2) is 7.07. The van der Waals surface area contributed by atoms with E-state index in [9.17, 15) is 0 Å². The molecule has 2 nitrogen and oxygen atoms in total. The van der Waals surface area contributed by atoms with Gasteiger partial charge in [-0.15, -0.1) is 0 Å². The Balaban J connectivity index is 2.50. The van der Waals surface area contributed by atoms with Gasteiger partial charge in [0.1, 0.15) is 12.4 Å². The van der Waals surface area contributed by atoms with Gasteiger partial charge >= 0.3 is 0 Å². The maximum absolute atomic E-state index is 5.58. The zero-order valence-electron chi connectivity index (χ0n) is 10.2. The molecule has 1 aromatic carbocycles. The van der Waals surface area contributed by atoms with E-state index in [1.807, 2.05) is 25.1 Å². The van der Waals surface area contributed by atoms with Crippen molar-refractivity contribution in [2.45, 2.75) is 20.3 Å². The third kappa shape index (κ3) is 4.07. The molecule has 1 rings (SSSR count). The van der Waals surface area contributed by atoms with Crippen LogP contribution in [-0.2, 0) is 4.74 Å². The molecule has 16 heavy (non-hydrogen) atoms. The van der Waals surface area contributed by atoms with Gasteiger partial charge in [0.05, 0.1) is 6.61 Å². The number of hydrogen-bond acceptors (Lipinski definition) is 2. The van der Waals surface area contributed by atoms with E-state index in [0.29, 0.717) is 13.2 Å². The van der Waals surface area contributed by atoms with Gasteiger partial charge < -0.3 is 9.47 Å². The van der Waals surface area contributed by atoms with Gasteiger partial charge in [-0.25, -0.2) is 0 Å². The Labute approximate surface area is 97.9 Å². The fourth-order valence-electron chi connectivity index (χ4n) is 1.37. The van der Waals surface area contributed by atoms with Gasteiger partial charge in [-0.2, -0.15) is 0 Å². The molecule has 0 N–H and O–H groups in total. The summed E-state index contributed by atoms with van der Waals surface area (Å²) < 4.78 is 10.8. The normalized spacial score (nSPS) is 10.1. The van der Waals surface area contributed by atoms with Crippen LogP contribution in [0.3, 0.4) is 0 Å². The largest absolute Gasteiger partial charge is 0.491 e. The third-order valence-corrected chi connectivity index (χ3v) is 2.37. The molecule has 0 radical (unpaired) electrons. The van der Waals surface area contributed by atoms with E-state index in [1.165, 1.54) is 0 Å². The molecule has 0 atom stereocenters. The van der Waals surface area contributed by atoms with Crippen LogP contribution in [0.5, 0.6) is 5.75 Å². The molecule has 0 aliphatic carbocycles. The van der Waals surface area contributed by atoms with Gasteiger partial charge in [0.15, 0.2) is 0 Å². The summed E-state index contributed by atoms with van der Waals surface area (Å²) in [6.07, 6.45) is 0.961. The number of hydrogen-bond donors (Lipinski definition) is 0. The Morgan fingerprint density at radius 3 is 2.75 bits per heavy atom. The standard InChI is InChI=1S/C14H20O2/c1-4-12(3)13-7-6-8-14(11-13)16-10-9-15-5-2/h6-8,11H,3-5,9-10H2,1-2H3. The first-order valence-electron chi connectivity index (χ1n) is 5.76. The Kier molecular flexibility index (Phi) is 5.65. The van der Waals surface area contributed by atoms with E-state index in [2.05, 4.69) is 19.6 Å². The fourth-order valence-corrected chi connectivity index (χ4v) is 1.37. The summed E-state index contributed by atoms with van der Waals surface area (Å²) in [6, 6.07) is 8.03. The topological polar surface area (TPSA) is 18.5 Å². The second-order valence-electron chi connectivity index (χ2n) is 3.53. The Hall–Kier alpha value is -1.28. The van der Waals surface area contributed by atoms with Crippen molar-refractivity contribution in [3.8, 4) is 5.75 Å². The third-order valence-electron chi connectivity index (χ3n) is 2.37. The van der Waals surface area contributed by atoms with Crippen LogP contribution in [0, 0.1) is 0 Å². The van der Waals surface area contributed by atoms with Gasteiger partial charge in [-0.3, -0.25) is 0 Å². The monoisotopic (exact) mass is 220 g/mol. The minimum atomic E-state index is 0.593. The minimum Gasteiger partial charge on any atom is -0.491 e. The lowest BCUT2D eigenvalue weighted by Gasteiger charge is -2.08. The maximum Gasteiger partial charge on any atom is 0.120 e. The molecule has 0 bridgehead atoms. The van der Waals surface area contributed by atoms with Crippen molar-refractivity contribution in [3.63, 3.8) is 0 Å². The highest BCUT2D eigenvalue weighted by Gasteiger charge is 1.99. The lowest BCUT2D eigenvalue weighted by atomic mass is 10.1. The van der Waals surface area contributed by atoms with Crippen LogP contribution in [0.4, 0.5) is 0 Å². The van der Waals surface area contributed by atoms with Crippen molar-refractivity contribution in [2.24, 2.45) is 0 Å². The Morgan fingerprint density at radius 2 is 2.06 bits per heavy atom. The van der Waals surface area contributed by atoms with Gasteiger partial charge in [0, 0.05) is 6.61 Å². The van der Waals surface area contributed by atoms with Crippen LogP contribution in [0.15, 0.2) is 30.8 Å². The molecule has 0 heterocycles. The SMILES string of the molecule is C=C(CC)c1cccc(OCCOCC)c1. The smallest absolute Gasteiger partial charge is 0.120 e. The van der Waals surface area contributed by atoms with Crippen molar-refractivity contribution in [1.82, 2.24) is 0 Å². The highest BCUT2D eigenvalue weighted by molar-refractivity contribution is 5.64. The predicted molar refractivity (Wildman–Crippen MR) is 67.8 cm³/mol. The van der Waals surface area contributed by atoms with Gasteiger partial charge in [0.2, 0.25) is 0 Å². The molecule has 2 heteroatoms. The van der Waals surface area contributed by atoms with E-state index in [4.69, 9.17) is 9.47 Å². The summed E-state index contributed by atoms with van der Waals surface area (Å²) in [7, 11) is 0. The van der Waals surface area contributed by atoms with Crippen molar-refractivity contribution in [1.29, 1.82) is 0 Å². The molecule has 0 saturated heterocycles. The van der Waals surface area contributed by atoms with Gasteiger partial charge in [0.25, 0.3) is 0 Å². The number of benzene rings is 1. The van der Waals surface area contributed by atoms with E-state index in [1.54, 1.807) is 0 Å². The van der Waals surface area contributed by atoms with Crippen LogP contribution >= 0.6 is 0 Å². The lowest BCUT2D eigenvalue weighted by molar-refractivity contribution is 0.110. The summed E-state index contributed by atoms with van der Waals surface area (Å²) >= 11 is 0. The van der Waals surface area contributed by atoms with Gasteiger partial charge in [-0.1, -0.05) is 25.6 Å². The van der Waals surface area contributed by atoms with Crippen LogP contribution in [-0.4, -0.2) is 19.8 Å². The fraction of sp³-hybridized carbons (Fsp3) is 0.429. The molecular formula is C14H20O2. The van der Waals surface area contributed by atoms with E-state index in [0.717, 1.165) is 29.9 Å². The zero-order chi connectivity index (χ0) is 11.8. The molecule has 0 amide bonds. The number of rotatable bonds is 7. The average Bonchev–Trinajstić information content (AvgIpc) is 2.34. The molecule has 88 valence electrons. The quantitative estimate of drug-likeness (QED) is 0.654. The van der Waals surface area contributed by atoms with Gasteiger partial charge in [-0.05, 0) is 36.6 Å². The summed E-state index contributed by atoms with van der Waals surface area (Å²) in [4.78, 5) is 0. The Bertz CT molecular complexity index is 331. The summed E-state index contributed by atoms with van der Waals surface area (Å²) in [5, 5.41) is 0. The molecular weight excluding hydrogens is 200 g/mol. The van der Waals surface area contributed by atoms with Crippen LogP contribution < -0.4 is 4.74 Å². The molecule has 0 aliphatic rings. The lowest BCUT2D eigenvalue weighted by Crippen LogP contribution is -2.06. The van der Waals surface area contributed by atoms with Crippen LogP contribution in [0.25, 0.3) is 5.57 Å². The number of ether oxygens (including phenoxy) is 2. The van der Waals surface area contributed by atoms with Crippen LogP contribution in [0.1, 0.15) is 25.8 Å². The first-order valence-corrected chi connectivity index (χ1v) is 5.76. The summed E-state index contributed by atoms with van der Waals surface area (Å²) in [5.74, 6) is 0.881. The predicted octanol–water partition coefficient (Wildman–Crippen LogP) is 3.53. The molecule has 0 aliphatic heterocycles. The Morgan fingerprint density at radius 1 is 1.25 bits per heavy atom. The zero-order valence-corrected chi connectivity index (χ0v) is 10.2. The van der Waals surface area contributed by atoms with E-state index < -0.39 is 0 Å². The summed E-state index contributed by atoms with van der Waals surface area (Å²) in [5.41, 5.74) is 2.28. The van der Waals surface area contributed by atoms with Crippen LogP contribution in [0.2, 0.25) is 0 Å². The van der Waals surface area contributed by atoms with Crippen molar-refractivity contribution in [3.05, 3.63) is 36.4 Å². The van der Waals surface area contributed by atoms with E-state index >= 15 is 0 Å². The highest BCUT2D eigenvalue weighted by atomic mass is 16.5. The first kappa shape index (κ1) is 12.8. The molecule has 0 aromatic heterocycles. The molecule has 0 spiro atoms.